The van der Waals surface area contributed by atoms with Crippen LogP contribution in [-0.4, -0.2) is 18.0 Å². The lowest BCUT2D eigenvalue weighted by molar-refractivity contribution is -0.130. The molecule has 0 saturated carbocycles. The van der Waals surface area contributed by atoms with Gasteiger partial charge in [0.15, 0.2) is 6.10 Å². The highest BCUT2D eigenvalue weighted by atomic mass is 35.5. The Morgan fingerprint density at radius 3 is 2.81 bits per heavy atom. The molecule has 4 nitrogen and oxygen atoms in total. The summed E-state index contributed by atoms with van der Waals surface area (Å²) in [6.45, 7) is 1.50. The van der Waals surface area contributed by atoms with Crippen LogP contribution in [0.25, 0.3) is 0 Å². The third-order valence-corrected chi connectivity index (χ3v) is 4.80. The van der Waals surface area contributed by atoms with Crippen molar-refractivity contribution in [2.45, 2.75) is 38.3 Å². The zero-order valence-corrected chi connectivity index (χ0v) is 15.1. The lowest BCUT2D eigenvalue weighted by Crippen LogP contribution is -2.39. The van der Waals surface area contributed by atoms with Crippen LogP contribution in [-0.2, 0) is 16.0 Å². The van der Waals surface area contributed by atoms with Crippen LogP contribution in [0.5, 0.6) is 0 Å². The molecule has 0 fully saturated rings. The molecule has 2 aromatic carbocycles. The summed E-state index contributed by atoms with van der Waals surface area (Å²) in [5.41, 5.74) is 2.36. The lowest BCUT2D eigenvalue weighted by atomic mass is 9.87. The fourth-order valence-electron chi connectivity index (χ4n) is 3.13. The Hall–Kier alpha value is -2.40. The van der Waals surface area contributed by atoms with Crippen LogP contribution in [0.2, 0.25) is 5.02 Å². The minimum absolute atomic E-state index is 0.0238. The molecule has 1 aliphatic rings. The zero-order chi connectivity index (χ0) is 18.7. The van der Waals surface area contributed by atoms with E-state index in [-0.39, 0.29) is 22.5 Å². The first-order valence-corrected chi connectivity index (χ1v) is 8.87. The molecular weight excluding hydrogens is 357 g/mol. The predicted molar refractivity (Wildman–Crippen MR) is 96.6 cm³/mol. The summed E-state index contributed by atoms with van der Waals surface area (Å²) < 4.78 is 18.3. The normalized spacial score (nSPS) is 17.1. The maximum absolute atomic E-state index is 13.1. The minimum Gasteiger partial charge on any atom is -0.449 e. The lowest BCUT2D eigenvalue weighted by Gasteiger charge is -2.27. The van der Waals surface area contributed by atoms with E-state index in [4.69, 9.17) is 16.3 Å². The average Bonchev–Trinajstić information content (AvgIpc) is 2.61. The van der Waals surface area contributed by atoms with Gasteiger partial charge < -0.3 is 10.1 Å². The maximum Gasteiger partial charge on any atom is 0.340 e. The van der Waals surface area contributed by atoms with Gasteiger partial charge in [-0.1, -0.05) is 35.9 Å². The van der Waals surface area contributed by atoms with Gasteiger partial charge in [0.1, 0.15) is 5.82 Å². The first-order valence-electron chi connectivity index (χ1n) is 8.50. The number of halogens is 2. The smallest absolute Gasteiger partial charge is 0.340 e. The second kappa shape index (κ2) is 7.87. The molecule has 0 aliphatic heterocycles. The van der Waals surface area contributed by atoms with Crippen LogP contribution in [0.3, 0.4) is 0 Å². The first-order chi connectivity index (χ1) is 12.5. The number of ether oxygens (including phenoxy) is 1. The Labute approximate surface area is 156 Å². The van der Waals surface area contributed by atoms with E-state index in [9.17, 15) is 14.0 Å². The van der Waals surface area contributed by atoms with Gasteiger partial charge in [0, 0.05) is 0 Å². The van der Waals surface area contributed by atoms with Gasteiger partial charge in [-0.15, -0.1) is 0 Å². The summed E-state index contributed by atoms with van der Waals surface area (Å²) in [6.07, 6.45) is 1.84. The quantitative estimate of drug-likeness (QED) is 0.814. The molecule has 2 aromatic rings. The van der Waals surface area contributed by atoms with Crippen LogP contribution >= 0.6 is 11.6 Å². The summed E-state index contributed by atoms with van der Waals surface area (Å²) >= 11 is 5.86. The van der Waals surface area contributed by atoms with E-state index in [0.717, 1.165) is 37.0 Å². The van der Waals surface area contributed by atoms with Crippen molar-refractivity contribution in [1.82, 2.24) is 5.32 Å². The Kier molecular flexibility index (Phi) is 5.57. The summed E-state index contributed by atoms with van der Waals surface area (Å²) in [6, 6.07) is 11.3. The molecule has 1 N–H and O–H groups in total. The van der Waals surface area contributed by atoms with Crippen LogP contribution in [0, 0.1) is 5.82 Å². The van der Waals surface area contributed by atoms with Crippen LogP contribution < -0.4 is 5.32 Å². The number of fused-ring (bicyclic) bond motifs is 1. The molecule has 0 bridgehead atoms. The molecule has 3 rings (SSSR count). The highest BCUT2D eigenvalue weighted by Crippen LogP contribution is 2.29. The number of nitrogens with one attached hydrogen (secondary N) is 1. The van der Waals surface area contributed by atoms with Gasteiger partial charge in [-0.2, -0.15) is 0 Å². The van der Waals surface area contributed by atoms with E-state index in [1.807, 2.05) is 18.2 Å². The average molecular weight is 376 g/mol. The number of amides is 1. The largest absolute Gasteiger partial charge is 0.449 e. The number of carbonyl (C=O) groups excluding carboxylic acids is 2. The third-order valence-electron chi connectivity index (χ3n) is 4.49. The van der Waals surface area contributed by atoms with Gasteiger partial charge in [-0.05, 0) is 55.5 Å². The second-order valence-electron chi connectivity index (χ2n) is 6.32. The number of benzene rings is 2. The second-order valence-corrected chi connectivity index (χ2v) is 6.73. The fourth-order valence-corrected chi connectivity index (χ4v) is 3.37. The van der Waals surface area contributed by atoms with E-state index < -0.39 is 17.9 Å². The summed E-state index contributed by atoms with van der Waals surface area (Å²) in [5, 5.41) is 2.89. The number of aryl methyl sites for hydroxylation is 1. The molecule has 0 radical (unpaired) electrons. The standard InChI is InChI=1S/C20H19ClFNO3/c1-12(26-20(25)16-10-9-14(22)11-17(16)21)19(24)23-18-8-4-6-13-5-2-3-7-15(13)18/h2-3,5,7,9-12,18H,4,6,8H2,1H3,(H,23,24)/t12-,18-/m1/s1. The maximum atomic E-state index is 13.1. The van der Waals surface area contributed by atoms with Crippen molar-refractivity contribution in [2.75, 3.05) is 0 Å². The summed E-state index contributed by atoms with van der Waals surface area (Å²) in [5.74, 6) is -1.69. The molecule has 0 unspecified atom stereocenters. The Morgan fingerprint density at radius 2 is 2.04 bits per heavy atom. The Bertz CT molecular complexity index is 840. The number of esters is 1. The van der Waals surface area contributed by atoms with E-state index in [0.29, 0.717) is 0 Å². The highest BCUT2D eigenvalue weighted by molar-refractivity contribution is 6.33. The molecule has 1 amide bonds. The van der Waals surface area contributed by atoms with Crippen molar-refractivity contribution in [3.8, 4) is 0 Å². The molecule has 6 heteroatoms. The zero-order valence-electron chi connectivity index (χ0n) is 14.3. The number of carbonyl (C=O) groups is 2. The Morgan fingerprint density at radius 1 is 1.27 bits per heavy atom. The minimum atomic E-state index is -0.988. The summed E-state index contributed by atoms with van der Waals surface area (Å²) in [7, 11) is 0. The highest BCUT2D eigenvalue weighted by Gasteiger charge is 2.26. The molecule has 0 aromatic heterocycles. The van der Waals surface area contributed by atoms with Crippen molar-refractivity contribution in [3.63, 3.8) is 0 Å². The molecule has 26 heavy (non-hydrogen) atoms. The van der Waals surface area contributed by atoms with Gasteiger partial charge in [0.2, 0.25) is 0 Å². The van der Waals surface area contributed by atoms with Crippen LogP contribution in [0.1, 0.15) is 47.3 Å². The number of hydrogen-bond acceptors (Lipinski definition) is 3. The van der Waals surface area contributed by atoms with Crippen molar-refractivity contribution in [3.05, 3.63) is 70.0 Å². The Balaban J connectivity index is 1.64. The molecular formula is C20H19ClFNO3. The molecule has 1 aliphatic carbocycles. The number of rotatable bonds is 4. The van der Waals surface area contributed by atoms with E-state index in [1.54, 1.807) is 0 Å². The molecule has 0 heterocycles. The van der Waals surface area contributed by atoms with Gasteiger partial charge in [0.05, 0.1) is 16.6 Å². The molecule has 0 spiro atoms. The van der Waals surface area contributed by atoms with Gasteiger partial charge in [0.25, 0.3) is 5.91 Å². The van der Waals surface area contributed by atoms with Crippen molar-refractivity contribution in [2.24, 2.45) is 0 Å². The molecule has 2 atom stereocenters. The van der Waals surface area contributed by atoms with Crippen LogP contribution in [0.15, 0.2) is 42.5 Å². The van der Waals surface area contributed by atoms with Crippen molar-refractivity contribution >= 4 is 23.5 Å². The van der Waals surface area contributed by atoms with E-state index >= 15 is 0 Å². The third kappa shape index (κ3) is 4.05. The summed E-state index contributed by atoms with van der Waals surface area (Å²) in [4.78, 5) is 24.6. The van der Waals surface area contributed by atoms with E-state index in [1.165, 1.54) is 18.6 Å². The van der Waals surface area contributed by atoms with Gasteiger partial charge in [-0.25, -0.2) is 9.18 Å². The molecule has 0 saturated heterocycles. The predicted octanol–water partition coefficient (Wildman–Crippen LogP) is 4.22. The van der Waals surface area contributed by atoms with E-state index in [2.05, 4.69) is 11.4 Å². The van der Waals surface area contributed by atoms with Crippen molar-refractivity contribution in [1.29, 1.82) is 0 Å². The molecule has 136 valence electrons. The number of hydrogen-bond donors (Lipinski definition) is 1. The monoisotopic (exact) mass is 375 g/mol. The van der Waals surface area contributed by atoms with Crippen molar-refractivity contribution < 1.29 is 18.7 Å². The van der Waals surface area contributed by atoms with Gasteiger partial charge in [-0.3, -0.25) is 4.79 Å². The van der Waals surface area contributed by atoms with Crippen LogP contribution in [0.4, 0.5) is 4.39 Å². The van der Waals surface area contributed by atoms with Gasteiger partial charge >= 0.3 is 5.97 Å². The topological polar surface area (TPSA) is 55.4 Å². The SMILES string of the molecule is C[C@@H](OC(=O)c1ccc(F)cc1Cl)C(=O)N[C@@H]1CCCc2ccccc21. The first kappa shape index (κ1) is 18.4. The fraction of sp³-hybridized carbons (Fsp3) is 0.300.